The highest BCUT2D eigenvalue weighted by Gasteiger charge is 2.38. The lowest BCUT2D eigenvalue weighted by molar-refractivity contribution is -0.142. The van der Waals surface area contributed by atoms with E-state index in [9.17, 15) is 13.2 Å². The van der Waals surface area contributed by atoms with Crippen LogP contribution in [-0.4, -0.2) is 56.6 Å². The Morgan fingerprint density at radius 3 is 2.46 bits per heavy atom. The Hall–Kier alpha value is -1.67. The van der Waals surface area contributed by atoms with Crippen molar-refractivity contribution in [1.82, 2.24) is 24.4 Å². The van der Waals surface area contributed by atoms with Crippen LogP contribution in [0.15, 0.2) is 12.1 Å². The van der Waals surface area contributed by atoms with E-state index in [0.717, 1.165) is 68.1 Å². The van der Waals surface area contributed by atoms with E-state index in [1.54, 1.807) is 6.07 Å². The molecule has 8 heteroatoms. The van der Waals surface area contributed by atoms with Crippen molar-refractivity contribution in [2.24, 2.45) is 0 Å². The van der Waals surface area contributed by atoms with Crippen molar-refractivity contribution in [2.75, 3.05) is 26.2 Å². The lowest BCUT2D eigenvalue weighted by Crippen LogP contribution is -2.44. The number of likely N-dealkylation sites (tertiary alicyclic amines) is 2. The van der Waals surface area contributed by atoms with Gasteiger partial charge in [0.2, 0.25) is 0 Å². The first kappa shape index (κ1) is 19.6. The Morgan fingerprint density at radius 2 is 1.82 bits per heavy atom. The van der Waals surface area contributed by atoms with Gasteiger partial charge in [0, 0.05) is 17.8 Å². The van der Waals surface area contributed by atoms with E-state index in [-0.39, 0.29) is 6.04 Å². The summed E-state index contributed by atoms with van der Waals surface area (Å²) in [6.07, 6.45) is 0.252. The highest BCUT2D eigenvalue weighted by molar-refractivity contribution is 5.43. The van der Waals surface area contributed by atoms with Gasteiger partial charge in [-0.1, -0.05) is 13.8 Å². The van der Waals surface area contributed by atoms with Crippen LogP contribution in [0.5, 0.6) is 0 Å². The van der Waals surface area contributed by atoms with Crippen LogP contribution in [0.3, 0.4) is 0 Å². The zero-order valence-electron chi connectivity index (χ0n) is 16.5. The van der Waals surface area contributed by atoms with Gasteiger partial charge in [-0.3, -0.25) is 4.90 Å². The van der Waals surface area contributed by atoms with E-state index < -0.39 is 11.9 Å². The molecule has 2 fully saturated rings. The van der Waals surface area contributed by atoms with Crippen LogP contribution in [-0.2, 0) is 12.6 Å². The van der Waals surface area contributed by atoms with Gasteiger partial charge in [0.05, 0.1) is 11.7 Å². The lowest BCUT2D eigenvalue weighted by atomic mass is 10.0. The summed E-state index contributed by atoms with van der Waals surface area (Å²) < 4.78 is 41.7. The molecule has 28 heavy (non-hydrogen) atoms. The summed E-state index contributed by atoms with van der Waals surface area (Å²) in [7, 11) is 0. The smallest absolute Gasteiger partial charge is 0.303 e. The van der Waals surface area contributed by atoms with Crippen LogP contribution in [0.4, 0.5) is 13.2 Å². The van der Waals surface area contributed by atoms with Crippen molar-refractivity contribution in [3.63, 3.8) is 0 Å². The Balaban J connectivity index is 1.65. The molecule has 5 nitrogen and oxygen atoms in total. The third-order valence-electron chi connectivity index (χ3n) is 6.26. The van der Waals surface area contributed by atoms with Crippen LogP contribution in [0.2, 0.25) is 0 Å². The molecular weight excluding hydrogens is 367 g/mol. The zero-order chi connectivity index (χ0) is 19.9. The fourth-order valence-corrected chi connectivity index (χ4v) is 4.70. The van der Waals surface area contributed by atoms with Gasteiger partial charge >= 0.3 is 6.18 Å². The maximum atomic E-state index is 13.6. The fraction of sp³-hybridized carbons (Fsp3) is 0.700. The Labute approximate surface area is 163 Å². The summed E-state index contributed by atoms with van der Waals surface area (Å²) in [5.74, 6) is 0. The number of nitrogens with zero attached hydrogens (tertiary/aromatic N) is 5. The Bertz CT molecular complexity index is 823. The number of aryl methyl sites for hydroxylation is 1. The molecule has 2 aliphatic heterocycles. The molecule has 2 aliphatic rings. The van der Waals surface area contributed by atoms with Crippen molar-refractivity contribution >= 4 is 5.65 Å². The normalized spacial score (nSPS) is 23.1. The highest BCUT2D eigenvalue weighted by Crippen LogP contribution is 2.37. The maximum Gasteiger partial charge on any atom is 0.433 e. The van der Waals surface area contributed by atoms with E-state index in [2.05, 4.69) is 26.8 Å². The average Bonchev–Trinajstić information content (AvgIpc) is 3.32. The summed E-state index contributed by atoms with van der Waals surface area (Å²) in [5, 5.41) is 4.39. The topological polar surface area (TPSA) is 36.7 Å². The van der Waals surface area contributed by atoms with Crippen molar-refractivity contribution in [2.45, 2.75) is 64.2 Å². The Morgan fingerprint density at radius 1 is 1.07 bits per heavy atom. The number of halogens is 3. The molecule has 154 valence electrons. The number of alkyl halides is 3. The van der Waals surface area contributed by atoms with E-state index in [0.29, 0.717) is 23.8 Å². The van der Waals surface area contributed by atoms with Gasteiger partial charge in [-0.25, -0.2) is 9.50 Å². The molecule has 2 saturated heterocycles. The molecule has 0 unspecified atom stereocenters. The SMILES string of the molecule is CCc1cc(C(F)(F)F)n2nc([C@@H]3CCCN3C3CCN(CC)CC3)cc2n1. The number of fused-ring (bicyclic) bond motifs is 1. The summed E-state index contributed by atoms with van der Waals surface area (Å²) in [6, 6.07) is 3.46. The summed E-state index contributed by atoms with van der Waals surface area (Å²) >= 11 is 0. The number of piperidine rings is 1. The minimum Gasteiger partial charge on any atom is -0.303 e. The van der Waals surface area contributed by atoms with Gasteiger partial charge < -0.3 is 4.90 Å². The molecule has 0 spiro atoms. The number of hydrogen-bond donors (Lipinski definition) is 0. The van der Waals surface area contributed by atoms with Crippen molar-refractivity contribution < 1.29 is 13.2 Å². The van der Waals surface area contributed by atoms with E-state index >= 15 is 0 Å². The van der Waals surface area contributed by atoms with E-state index in [4.69, 9.17) is 0 Å². The van der Waals surface area contributed by atoms with Crippen molar-refractivity contribution in [1.29, 1.82) is 0 Å². The molecule has 1 atom stereocenters. The van der Waals surface area contributed by atoms with Crippen molar-refractivity contribution in [3.8, 4) is 0 Å². The quantitative estimate of drug-likeness (QED) is 0.786. The van der Waals surface area contributed by atoms with Gasteiger partial charge in [0.25, 0.3) is 0 Å². The predicted octanol–water partition coefficient (Wildman–Crippen LogP) is 3.93. The van der Waals surface area contributed by atoms with Gasteiger partial charge in [-0.15, -0.1) is 0 Å². The second-order valence-electron chi connectivity index (χ2n) is 7.88. The highest BCUT2D eigenvalue weighted by atomic mass is 19.4. The molecule has 2 aromatic rings. The lowest BCUT2D eigenvalue weighted by Gasteiger charge is -2.38. The fourth-order valence-electron chi connectivity index (χ4n) is 4.70. The van der Waals surface area contributed by atoms with Crippen LogP contribution < -0.4 is 0 Å². The monoisotopic (exact) mass is 395 g/mol. The van der Waals surface area contributed by atoms with Gasteiger partial charge in [0.1, 0.15) is 5.69 Å². The average molecular weight is 395 g/mol. The molecule has 2 aromatic heterocycles. The first-order valence-corrected chi connectivity index (χ1v) is 10.4. The van der Waals surface area contributed by atoms with E-state index in [1.165, 1.54) is 0 Å². The molecule has 0 aliphatic carbocycles. The molecule has 0 radical (unpaired) electrons. The molecule has 0 bridgehead atoms. The third kappa shape index (κ3) is 3.64. The maximum absolute atomic E-state index is 13.6. The molecular formula is C20H28F3N5. The minimum absolute atomic E-state index is 0.0889. The standard InChI is InChI=1S/C20H28F3N5/c1-3-14-12-18(20(21,22)23)28-19(24-14)13-16(25-28)17-6-5-9-27(17)15-7-10-26(4-2)11-8-15/h12-13,15,17H,3-11H2,1-2H3/t17-/m0/s1. The Kier molecular flexibility index (Phi) is 5.35. The first-order valence-electron chi connectivity index (χ1n) is 10.4. The molecule has 0 saturated carbocycles. The number of hydrogen-bond acceptors (Lipinski definition) is 4. The van der Waals surface area contributed by atoms with Crippen LogP contribution in [0.25, 0.3) is 5.65 Å². The number of aromatic nitrogens is 3. The minimum atomic E-state index is -4.45. The van der Waals surface area contributed by atoms with Gasteiger partial charge in [-0.05, 0) is 64.3 Å². The molecule has 4 heterocycles. The number of rotatable bonds is 4. The van der Waals surface area contributed by atoms with Crippen LogP contribution in [0, 0.1) is 0 Å². The molecule has 0 aromatic carbocycles. The molecule has 0 amide bonds. The van der Waals surface area contributed by atoms with Crippen LogP contribution >= 0.6 is 0 Å². The van der Waals surface area contributed by atoms with Crippen molar-refractivity contribution in [3.05, 3.63) is 29.2 Å². The van der Waals surface area contributed by atoms with Gasteiger partial charge in [-0.2, -0.15) is 18.3 Å². The third-order valence-corrected chi connectivity index (χ3v) is 6.26. The zero-order valence-corrected chi connectivity index (χ0v) is 16.5. The summed E-state index contributed by atoms with van der Waals surface area (Å²) in [6.45, 7) is 8.26. The predicted molar refractivity (Wildman–Crippen MR) is 101 cm³/mol. The van der Waals surface area contributed by atoms with Crippen LogP contribution in [0.1, 0.15) is 62.7 Å². The molecule has 0 N–H and O–H groups in total. The van der Waals surface area contributed by atoms with E-state index in [1.807, 2.05) is 6.92 Å². The largest absolute Gasteiger partial charge is 0.433 e. The second-order valence-corrected chi connectivity index (χ2v) is 7.88. The summed E-state index contributed by atoms with van der Waals surface area (Å²) in [5.41, 5.74) is 0.735. The molecule has 4 rings (SSSR count). The first-order chi connectivity index (χ1) is 13.4. The second kappa shape index (κ2) is 7.63. The van der Waals surface area contributed by atoms with Gasteiger partial charge in [0.15, 0.2) is 5.65 Å². The summed E-state index contributed by atoms with van der Waals surface area (Å²) in [4.78, 5) is 9.33.